The zero-order valence-electron chi connectivity index (χ0n) is 12.6. The van der Waals surface area contributed by atoms with E-state index in [-0.39, 0.29) is 23.3 Å². The van der Waals surface area contributed by atoms with Crippen molar-refractivity contribution in [3.05, 3.63) is 48.2 Å². The van der Waals surface area contributed by atoms with Crippen molar-refractivity contribution < 1.29 is 15.0 Å². The molecule has 1 heterocycles. The molecule has 0 aliphatic rings. The van der Waals surface area contributed by atoms with E-state index in [1.54, 1.807) is 12.3 Å². The second-order valence-corrected chi connectivity index (χ2v) is 5.59. The van der Waals surface area contributed by atoms with Crippen LogP contribution in [0.4, 0.5) is 5.69 Å². The lowest BCUT2D eigenvalue weighted by Crippen LogP contribution is -2.22. The van der Waals surface area contributed by atoms with Crippen LogP contribution >= 0.6 is 0 Å². The zero-order valence-corrected chi connectivity index (χ0v) is 12.6. The van der Waals surface area contributed by atoms with Gasteiger partial charge in [0.15, 0.2) is 11.5 Å². The highest BCUT2D eigenvalue weighted by Gasteiger charge is 2.15. The second kappa shape index (κ2) is 6.00. The number of carbonyl (C=O) groups excluding carboxylic acids is 1. The molecule has 0 saturated heterocycles. The first-order valence-electron chi connectivity index (χ1n) is 7.28. The van der Waals surface area contributed by atoms with Crippen molar-refractivity contribution in [2.24, 2.45) is 5.92 Å². The van der Waals surface area contributed by atoms with Gasteiger partial charge in [-0.25, -0.2) is 0 Å². The zero-order chi connectivity index (χ0) is 16.4. The molecule has 1 atom stereocenters. The molecule has 0 spiro atoms. The smallest absolute Gasteiger partial charge is 0.227 e. The molecule has 1 amide bonds. The number of anilines is 1. The summed E-state index contributed by atoms with van der Waals surface area (Å²) in [4.78, 5) is 12.3. The topological polar surface area (TPSA) is 98.2 Å². The molecule has 3 rings (SSSR count). The average molecular weight is 311 g/mol. The predicted octanol–water partition coefficient (Wildman–Crippen LogP) is 2.79. The number of benzene rings is 2. The van der Waals surface area contributed by atoms with Crippen molar-refractivity contribution in [3.63, 3.8) is 0 Å². The van der Waals surface area contributed by atoms with Gasteiger partial charge in [-0.3, -0.25) is 9.89 Å². The molecule has 0 aliphatic carbocycles. The summed E-state index contributed by atoms with van der Waals surface area (Å²) in [7, 11) is 0. The monoisotopic (exact) mass is 311 g/mol. The summed E-state index contributed by atoms with van der Waals surface area (Å²) in [5.74, 6) is -0.744. The maximum Gasteiger partial charge on any atom is 0.227 e. The van der Waals surface area contributed by atoms with E-state index in [2.05, 4.69) is 15.5 Å². The van der Waals surface area contributed by atoms with E-state index in [0.717, 1.165) is 16.5 Å². The highest BCUT2D eigenvalue weighted by Crippen LogP contribution is 2.26. The van der Waals surface area contributed by atoms with Crippen molar-refractivity contribution in [3.8, 4) is 11.5 Å². The number of hydrogen-bond acceptors (Lipinski definition) is 4. The number of amides is 1. The van der Waals surface area contributed by atoms with Gasteiger partial charge in [0.25, 0.3) is 0 Å². The van der Waals surface area contributed by atoms with E-state index in [1.165, 1.54) is 12.1 Å². The van der Waals surface area contributed by atoms with Crippen molar-refractivity contribution in [1.29, 1.82) is 0 Å². The van der Waals surface area contributed by atoms with E-state index in [0.29, 0.717) is 12.1 Å². The van der Waals surface area contributed by atoms with E-state index in [4.69, 9.17) is 0 Å². The van der Waals surface area contributed by atoms with Crippen molar-refractivity contribution >= 4 is 22.5 Å². The van der Waals surface area contributed by atoms with Gasteiger partial charge in [-0.1, -0.05) is 13.0 Å². The molecule has 0 aliphatic heterocycles. The van der Waals surface area contributed by atoms with Crippen molar-refractivity contribution in [2.75, 3.05) is 5.32 Å². The molecule has 118 valence electrons. The lowest BCUT2D eigenvalue weighted by Gasteiger charge is -2.13. The third-order valence-electron chi connectivity index (χ3n) is 3.74. The molecule has 0 saturated carbocycles. The number of carbonyl (C=O) groups is 1. The fourth-order valence-corrected chi connectivity index (χ4v) is 2.42. The van der Waals surface area contributed by atoms with Crippen LogP contribution < -0.4 is 5.32 Å². The Hall–Kier alpha value is -3.02. The summed E-state index contributed by atoms with van der Waals surface area (Å²) in [6.07, 6.45) is 2.19. The molecular weight excluding hydrogens is 294 g/mol. The first-order valence-corrected chi connectivity index (χ1v) is 7.28. The van der Waals surface area contributed by atoms with Crippen molar-refractivity contribution in [2.45, 2.75) is 13.3 Å². The summed E-state index contributed by atoms with van der Waals surface area (Å²) < 4.78 is 0. The van der Waals surface area contributed by atoms with Gasteiger partial charge in [0, 0.05) is 17.0 Å². The molecule has 1 aromatic heterocycles. The lowest BCUT2D eigenvalue weighted by molar-refractivity contribution is -0.119. The molecule has 1 unspecified atom stereocenters. The number of fused-ring (bicyclic) bond motifs is 1. The molecule has 6 heteroatoms. The summed E-state index contributed by atoms with van der Waals surface area (Å²) in [5.41, 5.74) is 2.35. The Balaban J connectivity index is 1.67. The third-order valence-corrected chi connectivity index (χ3v) is 3.74. The van der Waals surface area contributed by atoms with E-state index in [9.17, 15) is 15.0 Å². The number of hydrogen-bond donors (Lipinski definition) is 4. The highest BCUT2D eigenvalue weighted by atomic mass is 16.3. The Kier molecular flexibility index (Phi) is 3.89. The molecule has 3 aromatic rings. The normalized spacial score (nSPS) is 12.2. The lowest BCUT2D eigenvalue weighted by atomic mass is 10.00. The molecular formula is C17H17N3O3. The molecule has 23 heavy (non-hydrogen) atoms. The Morgan fingerprint density at radius 2 is 2.04 bits per heavy atom. The Bertz CT molecular complexity index is 857. The molecule has 4 N–H and O–H groups in total. The Labute approximate surface area is 132 Å². The Morgan fingerprint density at radius 1 is 1.22 bits per heavy atom. The number of phenolic OH excluding ortho intramolecular Hbond substituents is 2. The SMILES string of the molecule is CC(Cc1ccc(O)c(O)c1)C(=O)Nc1ccc2cn[nH]c2c1. The predicted molar refractivity (Wildman–Crippen MR) is 87.4 cm³/mol. The maximum absolute atomic E-state index is 12.3. The van der Waals surface area contributed by atoms with Gasteiger partial charge >= 0.3 is 0 Å². The number of nitrogens with one attached hydrogen (secondary N) is 2. The second-order valence-electron chi connectivity index (χ2n) is 5.59. The van der Waals surface area contributed by atoms with Crippen LogP contribution in [0.15, 0.2) is 42.6 Å². The summed E-state index contributed by atoms with van der Waals surface area (Å²) in [6, 6.07) is 10.1. The van der Waals surface area contributed by atoms with Gasteiger partial charge in [-0.15, -0.1) is 0 Å². The van der Waals surface area contributed by atoms with Crippen LogP contribution in [0.5, 0.6) is 11.5 Å². The van der Waals surface area contributed by atoms with Crippen LogP contribution in [-0.4, -0.2) is 26.3 Å². The number of aromatic hydroxyl groups is 2. The molecule has 2 aromatic carbocycles. The van der Waals surface area contributed by atoms with Crippen LogP contribution in [0.3, 0.4) is 0 Å². The molecule has 6 nitrogen and oxygen atoms in total. The number of rotatable bonds is 4. The fourth-order valence-electron chi connectivity index (χ4n) is 2.42. The van der Waals surface area contributed by atoms with Gasteiger partial charge in [0.2, 0.25) is 5.91 Å². The summed E-state index contributed by atoms with van der Waals surface area (Å²) in [5, 5.41) is 29.5. The van der Waals surface area contributed by atoms with Crippen LogP contribution in [0.25, 0.3) is 10.9 Å². The number of H-pyrrole nitrogens is 1. The molecule has 0 radical (unpaired) electrons. The van der Waals surface area contributed by atoms with Gasteiger partial charge in [0.1, 0.15) is 0 Å². The highest BCUT2D eigenvalue weighted by molar-refractivity contribution is 5.94. The molecule has 0 bridgehead atoms. The number of nitrogens with zero attached hydrogens (tertiary/aromatic N) is 1. The standard InChI is InChI=1S/C17H17N3O3/c1-10(6-11-2-5-15(21)16(22)7-11)17(23)19-13-4-3-12-9-18-20-14(12)8-13/h2-5,7-10,21-22H,6H2,1H3,(H,18,20)(H,19,23). The average Bonchev–Trinajstić information content (AvgIpc) is 2.98. The largest absolute Gasteiger partial charge is 0.504 e. The fraction of sp³-hybridized carbons (Fsp3) is 0.176. The number of phenols is 2. The quantitative estimate of drug-likeness (QED) is 0.557. The van der Waals surface area contributed by atoms with E-state index >= 15 is 0 Å². The Morgan fingerprint density at radius 3 is 2.83 bits per heavy atom. The minimum atomic E-state index is -0.281. The van der Waals surface area contributed by atoms with E-state index < -0.39 is 0 Å². The minimum Gasteiger partial charge on any atom is -0.504 e. The summed E-state index contributed by atoms with van der Waals surface area (Å²) in [6.45, 7) is 1.81. The number of aromatic amines is 1. The van der Waals surface area contributed by atoms with E-state index in [1.807, 2.05) is 25.1 Å². The maximum atomic E-state index is 12.3. The van der Waals surface area contributed by atoms with Crippen LogP contribution in [-0.2, 0) is 11.2 Å². The minimum absolute atomic E-state index is 0.114. The summed E-state index contributed by atoms with van der Waals surface area (Å²) >= 11 is 0. The number of aromatic nitrogens is 2. The first-order chi connectivity index (χ1) is 11.0. The van der Waals surface area contributed by atoms with Gasteiger partial charge in [-0.05, 0) is 42.3 Å². The van der Waals surface area contributed by atoms with Crippen molar-refractivity contribution in [1.82, 2.24) is 10.2 Å². The first kappa shape index (κ1) is 14.9. The van der Waals surface area contributed by atoms with Gasteiger partial charge in [-0.2, -0.15) is 5.10 Å². The third kappa shape index (κ3) is 3.26. The van der Waals surface area contributed by atoms with Crippen LogP contribution in [0.2, 0.25) is 0 Å². The molecule has 0 fully saturated rings. The van der Waals surface area contributed by atoms with Crippen LogP contribution in [0.1, 0.15) is 12.5 Å². The van der Waals surface area contributed by atoms with Gasteiger partial charge < -0.3 is 15.5 Å². The van der Waals surface area contributed by atoms with Crippen LogP contribution in [0, 0.1) is 5.92 Å². The van der Waals surface area contributed by atoms with Gasteiger partial charge in [0.05, 0.1) is 11.7 Å².